The molecule has 6 nitrogen and oxygen atoms in total. The number of benzene rings is 1. The van der Waals surface area contributed by atoms with Crippen LogP contribution in [-0.2, 0) is 23.0 Å². The van der Waals surface area contributed by atoms with Crippen LogP contribution in [0.5, 0.6) is 5.75 Å². The number of sulfonamides is 1. The lowest BCUT2D eigenvalue weighted by atomic mass is 10.1. The van der Waals surface area contributed by atoms with Crippen molar-refractivity contribution in [2.45, 2.75) is 18.1 Å². The fraction of sp³-hybridized carbons (Fsp3) is 0.286. The van der Waals surface area contributed by atoms with Crippen molar-refractivity contribution in [3.8, 4) is 5.75 Å². The summed E-state index contributed by atoms with van der Waals surface area (Å²) in [4.78, 5) is 0. The van der Waals surface area contributed by atoms with Crippen molar-refractivity contribution in [3.05, 3.63) is 47.7 Å². The molecule has 114 valence electrons. The number of methoxy groups -OCH3 is 1. The van der Waals surface area contributed by atoms with Crippen LogP contribution in [0.15, 0.2) is 45.9 Å². The van der Waals surface area contributed by atoms with E-state index in [1.807, 2.05) is 24.3 Å². The smallest absolute Gasteiger partial charge is 0.271 e. The van der Waals surface area contributed by atoms with Crippen LogP contribution in [0.1, 0.15) is 11.3 Å². The van der Waals surface area contributed by atoms with Gasteiger partial charge in [0.1, 0.15) is 11.5 Å². The average Bonchev–Trinajstić information content (AvgIpc) is 2.93. The van der Waals surface area contributed by atoms with Crippen molar-refractivity contribution < 1.29 is 17.6 Å². The van der Waals surface area contributed by atoms with Crippen molar-refractivity contribution in [3.63, 3.8) is 0 Å². The number of nitrogens with one attached hydrogen (secondary N) is 1. The minimum atomic E-state index is -3.77. The Labute approximate surface area is 124 Å². The Balaban J connectivity index is 1.80. The second-order valence-corrected chi connectivity index (χ2v) is 6.04. The maximum absolute atomic E-state index is 11.1. The van der Waals surface area contributed by atoms with E-state index >= 15 is 0 Å². The molecule has 0 aliphatic carbocycles. The maximum atomic E-state index is 11.1. The van der Waals surface area contributed by atoms with Crippen LogP contribution in [0.4, 0.5) is 0 Å². The van der Waals surface area contributed by atoms with Gasteiger partial charge in [-0.3, -0.25) is 0 Å². The third-order valence-electron chi connectivity index (χ3n) is 2.94. The molecule has 0 bridgehead atoms. The van der Waals surface area contributed by atoms with Gasteiger partial charge < -0.3 is 14.5 Å². The Morgan fingerprint density at radius 3 is 2.76 bits per heavy atom. The Morgan fingerprint density at radius 1 is 1.29 bits per heavy atom. The second-order valence-electron chi connectivity index (χ2n) is 4.54. The summed E-state index contributed by atoms with van der Waals surface area (Å²) in [7, 11) is -2.14. The summed E-state index contributed by atoms with van der Waals surface area (Å²) in [5.41, 5.74) is 1.16. The monoisotopic (exact) mass is 310 g/mol. The lowest BCUT2D eigenvalue weighted by molar-refractivity contribution is 0.403. The van der Waals surface area contributed by atoms with E-state index in [1.165, 1.54) is 6.07 Å². The molecule has 0 amide bonds. The molecule has 0 aliphatic heterocycles. The topological polar surface area (TPSA) is 94.6 Å². The molecule has 3 N–H and O–H groups in total. The number of furan rings is 1. The quantitative estimate of drug-likeness (QED) is 0.751. The molecule has 0 unspecified atom stereocenters. The molecule has 21 heavy (non-hydrogen) atoms. The van der Waals surface area contributed by atoms with Gasteiger partial charge in [0, 0.05) is 0 Å². The fourth-order valence-electron chi connectivity index (χ4n) is 1.88. The molecule has 1 heterocycles. The third kappa shape index (κ3) is 4.59. The van der Waals surface area contributed by atoms with Crippen molar-refractivity contribution >= 4 is 10.0 Å². The number of rotatable bonds is 7. The standard InChI is InChI=1S/C14H18N2O4S/c1-19-12-4-2-3-11(9-12)7-8-16-10-13-5-6-14(20-13)21(15,17)18/h2-6,9,16H,7-8,10H2,1H3,(H2,15,17,18). The Bertz CT molecular complexity index is 695. The Hall–Kier alpha value is -1.83. The lowest BCUT2D eigenvalue weighted by Gasteiger charge is -2.05. The van der Waals surface area contributed by atoms with Gasteiger partial charge in [0.25, 0.3) is 10.0 Å². The van der Waals surface area contributed by atoms with Crippen LogP contribution < -0.4 is 15.2 Å². The Kier molecular flexibility index (Phi) is 5.00. The van der Waals surface area contributed by atoms with Gasteiger partial charge in [-0.15, -0.1) is 0 Å². The van der Waals surface area contributed by atoms with Crippen molar-refractivity contribution in [1.29, 1.82) is 0 Å². The molecule has 2 rings (SSSR count). The highest BCUT2D eigenvalue weighted by molar-refractivity contribution is 7.89. The minimum Gasteiger partial charge on any atom is -0.497 e. The van der Waals surface area contributed by atoms with Crippen LogP contribution >= 0.6 is 0 Å². The van der Waals surface area contributed by atoms with Gasteiger partial charge in [0.2, 0.25) is 5.09 Å². The molecular weight excluding hydrogens is 292 g/mol. The van der Waals surface area contributed by atoms with E-state index in [1.54, 1.807) is 13.2 Å². The van der Waals surface area contributed by atoms with Gasteiger partial charge >= 0.3 is 0 Å². The largest absolute Gasteiger partial charge is 0.497 e. The molecule has 1 aromatic heterocycles. The number of ether oxygens (including phenoxy) is 1. The molecule has 0 aliphatic rings. The zero-order chi connectivity index (χ0) is 15.3. The first-order valence-corrected chi connectivity index (χ1v) is 7.99. The Morgan fingerprint density at radius 2 is 2.10 bits per heavy atom. The zero-order valence-electron chi connectivity index (χ0n) is 11.7. The van der Waals surface area contributed by atoms with Crippen LogP contribution in [0.25, 0.3) is 0 Å². The van der Waals surface area contributed by atoms with Gasteiger partial charge in [-0.25, -0.2) is 13.6 Å². The van der Waals surface area contributed by atoms with Crippen LogP contribution in [0.2, 0.25) is 0 Å². The summed E-state index contributed by atoms with van der Waals surface area (Å²) in [6, 6.07) is 10.8. The first kappa shape index (κ1) is 15.6. The van der Waals surface area contributed by atoms with E-state index in [9.17, 15) is 8.42 Å². The van der Waals surface area contributed by atoms with Crippen LogP contribution in [0, 0.1) is 0 Å². The van der Waals surface area contributed by atoms with E-state index in [-0.39, 0.29) is 5.09 Å². The first-order valence-electron chi connectivity index (χ1n) is 6.44. The van der Waals surface area contributed by atoms with Crippen molar-refractivity contribution in [2.75, 3.05) is 13.7 Å². The molecule has 0 radical (unpaired) electrons. The van der Waals surface area contributed by atoms with Gasteiger partial charge in [-0.1, -0.05) is 12.1 Å². The highest BCUT2D eigenvalue weighted by atomic mass is 32.2. The highest BCUT2D eigenvalue weighted by Crippen LogP contribution is 2.13. The highest BCUT2D eigenvalue weighted by Gasteiger charge is 2.12. The van der Waals surface area contributed by atoms with Gasteiger partial charge in [-0.2, -0.15) is 0 Å². The van der Waals surface area contributed by atoms with Crippen molar-refractivity contribution in [2.24, 2.45) is 5.14 Å². The van der Waals surface area contributed by atoms with E-state index in [0.717, 1.165) is 24.3 Å². The second kappa shape index (κ2) is 6.75. The maximum Gasteiger partial charge on any atom is 0.271 e. The molecule has 0 saturated heterocycles. The average molecular weight is 310 g/mol. The summed E-state index contributed by atoms with van der Waals surface area (Å²) >= 11 is 0. The molecule has 7 heteroatoms. The molecule has 2 aromatic rings. The summed E-state index contributed by atoms with van der Waals surface area (Å²) in [6.07, 6.45) is 0.833. The van der Waals surface area contributed by atoms with Gasteiger partial charge in [-0.05, 0) is 42.8 Å². The lowest BCUT2D eigenvalue weighted by Crippen LogP contribution is -2.16. The molecular formula is C14H18N2O4S. The SMILES string of the molecule is COc1cccc(CCNCc2ccc(S(N)(=O)=O)o2)c1. The summed E-state index contributed by atoms with van der Waals surface area (Å²) in [5.74, 6) is 1.36. The number of primary sulfonamides is 1. The van der Waals surface area contributed by atoms with Gasteiger partial charge in [0.15, 0.2) is 0 Å². The zero-order valence-corrected chi connectivity index (χ0v) is 12.5. The molecule has 0 atom stereocenters. The first-order chi connectivity index (χ1) is 9.99. The molecule has 1 aromatic carbocycles. The fourth-order valence-corrected chi connectivity index (χ4v) is 2.36. The number of hydrogen-bond donors (Lipinski definition) is 2. The molecule has 0 spiro atoms. The summed E-state index contributed by atoms with van der Waals surface area (Å²) in [6.45, 7) is 1.18. The van der Waals surface area contributed by atoms with E-state index in [2.05, 4.69) is 5.32 Å². The normalized spacial score (nSPS) is 11.5. The number of hydrogen-bond acceptors (Lipinski definition) is 5. The molecule has 0 fully saturated rings. The molecule has 0 saturated carbocycles. The van der Waals surface area contributed by atoms with E-state index < -0.39 is 10.0 Å². The minimum absolute atomic E-state index is 0.216. The van der Waals surface area contributed by atoms with Gasteiger partial charge in [0.05, 0.1) is 13.7 Å². The van der Waals surface area contributed by atoms with Crippen molar-refractivity contribution in [1.82, 2.24) is 5.32 Å². The number of nitrogens with two attached hydrogens (primary N) is 1. The van der Waals surface area contributed by atoms with E-state index in [4.69, 9.17) is 14.3 Å². The predicted octanol–water partition coefficient (Wildman–Crippen LogP) is 1.27. The predicted molar refractivity (Wildman–Crippen MR) is 78.5 cm³/mol. The van der Waals surface area contributed by atoms with Crippen LogP contribution in [-0.4, -0.2) is 22.1 Å². The summed E-state index contributed by atoms with van der Waals surface area (Å²) in [5, 5.41) is 7.94. The summed E-state index contributed by atoms with van der Waals surface area (Å²) < 4.78 is 32.4. The van der Waals surface area contributed by atoms with Crippen LogP contribution in [0.3, 0.4) is 0 Å². The van der Waals surface area contributed by atoms with E-state index in [0.29, 0.717) is 12.3 Å². The third-order valence-corrected chi connectivity index (χ3v) is 3.72.